The summed E-state index contributed by atoms with van der Waals surface area (Å²) in [7, 11) is 0. The van der Waals surface area contributed by atoms with Crippen molar-refractivity contribution >= 4 is 0 Å². The molecule has 0 aromatic heterocycles. The zero-order valence-electron chi connectivity index (χ0n) is 33.7. The van der Waals surface area contributed by atoms with Gasteiger partial charge in [-0.1, -0.05) is 98.8 Å². The first-order valence-electron chi connectivity index (χ1n) is 18.0. The van der Waals surface area contributed by atoms with Crippen molar-refractivity contribution in [1.29, 1.82) is 0 Å². The Balaban J connectivity index is 4.91. The summed E-state index contributed by atoms with van der Waals surface area (Å²) in [5, 5.41) is 0. The minimum atomic E-state index is -0.538. The fourth-order valence-corrected chi connectivity index (χ4v) is 6.47. The van der Waals surface area contributed by atoms with Crippen molar-refractivity contribution in [2.24, 2.45) is 5.41 Å². The second kappa shape index (κ2) is 20.0. The smallest absolute Gasteiger partial charge is 0.104 e. The standard InChI is InChI=1S/C46H72O/c1-33(2)17-21-41-42(22-18-34(3)4)44(24-20-36(7)8)46(31-27-39(13)14,47-32-28-40(15)16)45(29-25-37(9)10,30-26-38(11)12)43(41)23-19-35(5)6/h17-20,25-28H,21-24,29-32H2,1-16H3. The lowest BCUT2D eigenvalue weighted by atomic mass is 9.52. The minimum Gasteiger partial charge on any atom is -0.365 e. The van der Waals surface area contributed by atoms with Gasteiger partial charge in [0.2, 0.25) is 0 Å². The van der Waals surface area contributed by atoms with Gasteiger partial charge in [0.15, 0.2) is 0 Å². The van der Waals surface area contributed by atoms with Crippen LogP contribution in [0.1, 0.15) is 156 Å². The first kappa shape index (κ1) is 42.4. The highest BCUT2D eigenvalue weighted by molar-refractivity contribution is 5.56. The highest BCUT2D eigenvalue weighted by atomic mass is 16.5. The number of hydrogen-bond donors (Lipinski definition) is 0. The molecule has 0 heterocycles. The van der Waals surface area contributed by atoms with Crippen molar-refractivity contribution in [1.82, 2.24) is 0 Å². The Morgan fingerprint density at radius 1 is 0.383 bits per heavy atom. The van der Waals surface area contributed by atoms with E-state index in [4.69, 9.17) is 4.74 Å². The molecule has 0 amide bonds. The quantitative estimate of drug-likeness (QED) is 0.144. The van der Waals surface area contributed by atoms with Crippen molar-refractivity contribution in [3.05, 3.63) is 115 Å². The second-order valence-corrected chi connectivity index (χ2v) is 15.8. The van der Waals surface area contributed by atoms with Crippen molar-refractivity contribution in [3.63, 3.8) is 0 Å². The van der Waals surface area contributed by atoms with Gasteiger partial charge in [-0.3, -0.25) is 0 Å². The van der Waals surface area contributed by atoms with Crippen LogP contribution in [0.3, 0.4) is 0 Å². The predicted molar refractivity (Wildman–Crippen MR) is 213 cm³/mol. The van der Waals surface area contributed by atoms with Crippen molar-refractivity contribution < 1.29 is 4.74 Å². The number of allylic oxidation sites excluding steroid dienone is 16. The zero-order chi connectivity index (χ0) is 35.9. The Kier molecular flexibility index (Phi) is 18.0. The Hall–Kier alpha value is -2.64. The van der Waals surface area contributed by atoms with Gasteiger partial charge in [-0.15, -0.1) is 0 Å². The maximum Gasteiger partial charge on any atom is 0.104 e. The van der Waals surface area contributed by atoms with Gasteiger partial charge in [0, 0.05) is 5.41 Å². The summed E-state index contributed by atoms with van der Waals surface area (Å²) >= 11 is 0. The Labute approximate surface area is 292 Å². The fourth-order valence-electron chi connectivity index (χ4n) is 6.47. The molecule has 1 aliphatic carbocycles. The zero-order valence-corrected chi connectivity index (χ0v) is 33.7. The summed E-state index contributed by atoms with van der Waals surface area (Å²) in [6.45, 7) is 36.4. The Morgan fingerprint density at radius 2 is 0.702 bits per heavy atom. The van der Waals surface area contributed by atoms with Crippen LogP contribution in [0, 0.1) is 5.41 Å². The molecule has 1 heteroatoms. The van der Waals surface area contributed by atoms with Crippen LogP contribution in [0.15, 0.2) is 115 Å². The van der Waals surface area contributed by atoms with E-state index < -0.39 is 5.60 Å². The molecule has 1 atom stereocenters. The van der Waals surface area contributed by atoms with Gasteiger partial charge in [-0.25, -0.2) is 0 Å². The SMILES string of the molecule is CC(C)=CCOC1(CC=C(C)C)C(CC=C(C)C)=C(CC=C(C)C)C(CC=C(C)C)=C(CC=C(C)C)C1(CC=C(C)C)CC=C(C)C. The molecule has 0 radical (unpaired) electrons. The third-order valence-corrected chi connectivity index (χ3v) is 9.13. The molecule has 0 spiro atoms. The molecular weight excluding hydrogens is 569 g/mol. The monoisotopic (exact) mass is 641 g/mol. The van der Waals surface area contributed by atoms with Crippen LogP contribution in [0.5, 0.6) is 0 Å². The molecule has 262 valence electrons. The number of hydrogen-bond acceptors (Lipinski definition) is 1. The van der Waals surface area contributed by atoms with Crippen LogP contribution in [0.25, 0.3) is 0 Å². The Morgan fingerprint density at radius 3 is 1.09 bits per heavy atom. The topological polar surface area (TPSA) is 9.23 Å². The maximum atomic E-state index is 7.65. The van der Waals surface area contributed by atoms with Gasteiger partial charge in [0.25, 0.3) is 0 Å². The van der Waals surface area contributed by atoms with Gasteiger partial charge in [-0.2, -0.15) is 0 Å². The average molecular weight is 641 g/mol. The van der Waals surface area contributed by atoms with Crippen LogP contribution >= 0.6 is 0 Å². The van der Waals surface area contributed by atoms with E-state index in [0.29, 0.717) is 6.61 Å². The summed E-state index contributed by atoms with van der Waals surface area (Å²) in [5.74, 6) is 0. The van der Waals surface area contributed by atoms with E-state index in [0.717, 1.165) is 44.9 Å². The van der Waals surface area contributed by atoms with Gasteiger partial charge in [-0.05, 0) is 172 Å². The summed E-state index contributed by atoms with van der Waals surface area (Å²) in [6, 6.07) is 0. The average Bonchev–Trinajstić information content (AvgIpc) is 2.94. The predicted octanol–water partition coefficient (Wildman–Crippen LogP) is 14.8. The van der Waals surface area contributed by atoms with Gasteiger partial charge >= 0.3 is 0 Å². The third-order valence-electron chi connectivity index (χ3n) is 9.13. The van der Waals surface area contributed by atoms with E-state index in [-0.39, 0.29) is 5.41 Å². The second-order valence-electron chi connectivity index (χ2n) is 15.8. The van der Waals surface area contributed by atoms with Crippen LogP contribution in [-0.4, -0.2) is 12.2 Å². The van der Waals surface area contributed by atoms with E-state index in [1.807, 2.05) is 0 Å². The normalized spacial score (nSPS) is 16.9. The van der Waals surface area contributed by atoms with Gasteiger partial charge in [0.05, 0.1) is 6.61 Å². The molecule has 0 aromatic carbocycles. The van der Waals surface area contributed by atoms with Crippen molar-refractivity contribution in [3.8, 4) is 0 Å². The van der Waals surface area contributed by atoms with E-state index in [1.165, 1.54) is 61.3 Å². The molecule has 0 fully saturated rings. The molecule has 0 N–H and O–H groups in total. The van der Waals surface area contributed by atoms with E-state index in [2.05, 4.69) is 159 Å². The molecule has 1 nitrogen and oxygen atoms in total. The lowest BCUT2D eigenvalue weighted by molar-refractivity contribution is -0.0869. The van der Waals surface area contributed by atoms with Gasteiger partial charge < -0.3 is 4.74 Å². The number of ether oxygens (including phenoxy) is 1. The van der Waals surface area contributed by atoms with E-state index in [9.17, 15) is 0 Å². The highest BCUT2D eigenvalue weighted by Gasteiger charge is 2.57. The molecule has 47 heavy (non-hydrogen) atoms. The molecule has 1 rings (SSSR count). The van der Waals surface area contributed by atoms with Crippen molar-refractivity contribution in [2.45, 2.75) is 161 Å². The van der Waals surface area contributed by atoms with Gasteiger partial charge in [0.1, 0.15) is 5.60 Å². The van der Waals surface area contributed by atoms with Crippen molar-refractivity contribution in [2.75, 3.05) is 6.61 Å². The lowest BCUT2D eigenvalue weighted by Gasteiger charge is -2.57. The fraction of sp³-hybridized carbons (Fsp3) is 0.565. The van der Waals surface area contributed by atoms with Crippen LogP contribution < -0.4 is 0 Å². The molecular formula is C46H72O. The lowest BCUT2D eigenvalue weighted by Crippen LogP contribution is -2.55. The highest BCUT2D eigenvalue weighted by Crippen LogP contribution is 2.61. The third kappa shape index (κ3) is 13.1. The molecule has 0 aliphatic heterocycles. The van der Waals surface area contributed by atoms with E-state index in [1.54, 1.807) is 5.57 Å². The maximum absolute atomic E-state index is 7.65. The summed E-state index contributed by atoms with van der Waals surface area (Å²) in [5.41, 5.74) is 16.0. The summed E-state index contributed by atoms with van der Waals surface area (Å²) in [4.78, 5) is 0. The first-order chi connectivity index (χ1) is 21.9. The summed E-state index contributed by atoms with van der Waals surface area (Å²) < 4.78 is 7.65. The molecule has 1 unspecified atom stereocenters. The molecule has 0 aromatic rings. The molecule has 1 aliphatic rings. The molecule has 0 bridgehead atoms. The summed E-state index contributed by atoms with van der Waals surface area (Å²) in [6.07, 6.45) is 26.0. The largest absolute Gasteiger partial charge is 0.365 e. The van der Waals surface area contributed by atoms with Crippen LogP contribution in [0.4, 0.5) is 0 Å². The van der Waals surface area contributed by atoms with Crippen LogP contribution in [0.2, 0.25) is 0 Å². The minimum absolute atomic E-state index is 0.279. The number of rotatable bonds is 17. The first-order valence-corrected chi connectivity index (χ1v) is 18.0. The molecule has 0 saturated heterocycles. The van der Waals surface area contributed by atoms with E-state index >= 15 is 0 Å². The van der Waals surface area contributed by atoms with Crippen LogP contribution in [-0.2, 0) is 4.74 Å². The molecule has 0 saturated carbocycles. The Bertz CT molecular complexity index is 1330.